The molecule has 0 aliphatic heterocycles. The number of carbonyl (C=O) groups excluding carboxylic acids is 2. The van der Waals surface area contributed by atoms with Gasteiger partial charge in [0, 0.05) is 12.8 Å². The van der Waals surface area contributed by atoms with Crippen LogP contribution in [0.15, 0.2) is 24.3 Å². The van der Waals surface area contributed by atoms with Crippen molar-refractivity contribution < 1.29 is 14.7 Å². The maximum absolute atomic E-state index is 11.9. The Labute approximate surface area is 152 Å². The summed E-state index contributed by atoms with van der Waals surface area (Å²) >= 11 is 0. The lowest BCUT2D eigenvalue weighted by Crippen LogP contribution is -2.22. The monoisotopic (exact) mass is 346 g/mol. The lowest BCUT2D eigenvalue weighted by Gasteiger charge is -2.12. The van der Waals surface area contributed by atoms with Crippen LogP contribution in [-0.2, 0) is 16.0 Å². The summed E-state index contributed by atoms with van der Waals surface area (Å²) in [7, 11) is 0. The number of aromatic hydroxyl groups is 1. The van der Waals surface area contributed by atoms with Crippen molar-refractivity contribution in [3.05, 3.63) is 29.8 Å². The summed E-state index contributed by atoms with van der Waals surface area (Å²) in [5.41, 5.74) is 1.28. The van der Waals surface area contributed by atoms with E-state index in [4.69, 9.17) is 0 Å². The molecule has 0 saturated heterocycles. The second-order valence-electron chi connectivity index (χ2n) is 6.87. The molecule has 0 amide bonds. The average Bonchev–Trinajstić information content (AvgIpc) is 2.63. The largest absolute Gasteiger partial charge is 0.508 e. The van der Waals surface area contributed by atoms with Crippen LogP contribution in [0.4, 0.5) is 0 Å². The summed E-state index contributed by atoms with van der Waals surface area (Å²) in [5.74, 6) is 0.203. The van der Waals surface area contributed by atoms with Crippen molar-refractivity contribution in [2.24, 2.45) is 5.92 Å². The van der Waals surface area contributed by atoms with Gasteiger partial charge in [0.15, 0.2) is 0 Å². The van der Waals surface area contributed by atoms with Gasteiger partial charge in [-0.25, -0.2) is 0 Å². The zero-order valence-electron chi connectivity index (χ0n) is 15.9. The van der Waals surface area contributed by atoms with Crippen LogP contribution in [0.5, 0.6) is 5.75 Å². The maximum atomic E-state index is 11.9. The van der Waals surface area contributed by atoms with E-state index in [-0.39, 0.29) is 17.5 Å². The number of aryl methyl sites for hydroxylation is 1. The number of phenols is 1. The smallest absolute Gasteiger partial charge is 0.143 e. The summed E-state index contributed by atoms with van der Waals surface area (Å²) in [5, 5.41) is 9.25. The Hall–Kier alpha value is -1.64. The molecular weight excluding hydrogens is 312 g/mol. The van der Waals surface area contributed by atoms with Gasteiger partial charge in [0.25, 0.3) is 0 Å². The number of phenolic OH excluding ortho intramolecular Hbond substituents is 1. The van der Waals surface area contributed by atoms with Gasteiger partial charge in [-0.3, -0.25) is 9.59 Å². The van der Waals surface area contributed by atoms with Crippen LogP contribution in [0, 0.1) is 5.92 Å². The number of Topliss-reactive ketones (excluding diaryl/α,β-unsaturated/α-hetero) is 2. The number of carbonyl (C=O) groups is 2. The van der Waals surface area contributed by atoms with Gasteiger partial charge in [0.2, 0.25) is 0 Å². The van der Waals surface area contributed by atoms with Gasteiger partial charge in [-0.1, -0.05) is 64.5 Å². The number of benzene rings is 1. The van der Waals surface area contributed by atoms with Crippen LogP contribution in [0.2, 0.25) is 0 Å². The van der Waals surface area contributed by atoms with E-state index in [1.165, 1.54) is 37.7 Å². The predicted octanol–water partition coefficient (Wildman–Crippen LogP) is 5.63. The van der Waals surface area contributed by atoms with Crippen LogP contribution in [-0.4, -0.2) is 16.7 Å². The van der Waals surface area contributed by atoms with Crippen LogP contribution in [0.1, 0.15) is 83.6 Å². The van der Waals surface area contributed by atoms with E-state index in [1.807, 2.05) is 26.0 Å². The molecule has 0 radical (unpaired) electrons. The molecule has 0 unspecified atom stereocenters. The minimum Gasteiger partial charge on any atom is -0.508 e. The average molecular weight is 347 g/mol. The molecule has 0 atom stereocenters. The van der Waals surface area contributed by atoms with E-state index in [9.17, 15) is 14.7 Å². The van der Waals surface area contributed by atoms with Gasteiger partial charge < -0.3 is 5.11 Å². The second kappa shape index (κ2) is 12.7. The van der Waals surface area contributed by atoms with Gasteiger partial charge in [0.05, 0.1) is 5.92 Å². The van der Waals surface area contributed by atoms with Crippen molar-refractivity contribution in [2.45, 2.75) is 84.5 Å². The Bertz CT molecular complexity index is 489. The number of hydrogen-bond acceptors (Lipinski definition) is 3. The molecule has 1 aromatic carbocycles. The van der Waals surface area contributed by atoms with E-state index < -0.39 is 0 Å². The summed E-state index contributed by atoms with van der Waals surface area (Å²) in [6, 6.07) is 7.46. The molecular formula is C22H34O3. The predicted molar refractivity (Wildman–Crippen MR) is 103 cm³/mol. The number of hydrogen-bond donors (Lipinski definition) is 1. The Morgan fingerprint density at radius 2 is 1.28 bits per heavy atom. The molecule has 0 saturated carbocycles. The molecule has 0 fully saturated rings. The standard InChI is InChI=1S/C22H34O3/c1-3-21(24)20(22(25)4-2)13-11-9-7-5-6-8-10-12-18-14-16-19(23)17-15-18/h14-17,20,23H,3-13H2,1-2H3. The zero-order chi connectivity index (χ0) is 18.5. The van der Waals surface area contributed by atoms with Gasteiger partial charge in [-0.2, -0.15) is 0 Å². The third-order valence-electron chi connectivity index (χ3n) is 4.87. The first kappa shape index (κ1) is 21.4. The van der Waals surface area contributed by atoms with Gasteiger partial charge in [0.1, 0.15) is 17.3 Å². The highest BCUT2D eigenvalue weighted by Gasteiger charge is 2.22. The molecule has 1 rings (SSSR count). The fourth-order valence-corrected chi connectivity index (χ4v) is 3.22. The summed E-state index contributed by atoms with van der Waals surface area (Å²) in [6.07, 6.45) is 10.9. The maximum Gasteiger partial charge on any atom is 0.143 e. The SMILES string of the molecule is CCC(=O)C(CCCCCCCCCc1ccc(O)cc1)C(=O)CC. The van der Waals surface area contributed by atoms with E-state index in [0.717, 1.165) is 25.7 Å². The van der Waals surface area contributed by atoms with Crippen LogP contribution < -0.4 is 0 Å². The van der Waals surface area contributed by atoms with Crippen molar-refractivity contribution in [2.75, 3.05) is 0 Å². The molecule has 1 aromatic rings. The van der Waals surface area contributed by atoms with Crippen LogP contribution >= 0.6 is 0 Å². The van der Waals surface area contributed by atoms with E-state index in [1.54, 1.807) is 12.1 Å². The molecule has 0 aliphatic carbocycles. The third-order valence-corrected chi connectivity index (χ3v) is 4.87. The molecule has 3 heteroatoms. The summed E-state index contributed by atoms with van der Waals surface area (Å²) in [4.78, 5) is 23.7. The topological polar surface area (TPSA) is 54.4 Å². The molecule has 3 nitrogen and oxygen atoms in total. The van der Waals surface area contributed by atoms with Crippen LogP contribution in [0.3, 0.4) is 0 Å². The van der Waals surface area contributed by atoms with Crippen molar-refractivity contribution in [1.29, 1.82) is 0 Å². The fourth-order valence-electron chi connectivity index (χ4n) is 3.22. The van der Waals surface area contributed by atoms with E-state index in [2.05, 4.69) is 0 Å². The first-order chi connectivity index (χ1) is 12.1. The van der Waals surface area contributed by atoms with Crippen molar-refractivity contribution in [1.82, 2.24) is 0 Å². The molecule has 0 heterocycles. The highest BCUT2D eigenvalue weighted by Crippen LogP contribution is 2.18. The minimum absolute atomic E-state index is 0.112. The number of ketones is 2. The zero-order valence-corrected chi connectivity index (χ0v) is 15.9. The molecule has 25 heavy (non-hydrogen) atoms. The van der Waals surface area contributed by atoms with Crippen molar-refractivity contribution >= 4 is 11.6 Å². The lowest BCUT2D eigenvalue weighted by atomic mass is 9.90. The molecule has 0 aliphatic rings. The van der Waals surface area contributed by atoms with E-state index >= 15 is 0 Å². The van der Waals surface area contributed by atoms with Gasteiger partial charge >= 0.3 is 0 Å². The minimum atomic E-state index is -0.347. The first-order valence-corrected chi connectivity index (χ1v) is 9.91. The van der Waals surface area contributed by atoms with E-state index in [0.29, 0.717) is 18.6 Å². The quantitative estimate of drug-likeness (QED) is 0.351. The lowest BCUT2D eigenvalue weighted by molar-refractivity contribution is -0.132. The van der Waals surface area contributed by atoms with Crippen molar-refractivity contribution in [3.8, 4) is 5.75 Å². The first-order valence-electron chi connectivity index (χ1n) is 9.91. The Morgan fingerprint density at radius 3 is 1.80 bits per heavy atom. The second-order valence-corrected chi connectivity index (χ2v) is 6.87. The normalized spacial score (nSPS) is 11.0. The number of unbranched alkanes of at least 4 members (excludes halogenated alkanes) is 6. The third kappa shape index (κ3) is 8.85. The van der Waals surface area contributed by atoms with Gasteiger partial charge in [-0.15, -0.1) is 0 Å². The fraction of sp³-hybridized carbons (Fsp3) is 0.636. The Kier molecular flexibility index (Phi) is 10.9. The number of rotatable bonds is 14. The Morgan fingerprint density at radius 1 is 0.800 bits per heavy atom. The molecule has 0 bridgehead atoms. The molecule has 1 N–H and O–H groups in total. The summed E-state index contributed by atoms with van der Waals surface area (Å²) < 4.78 is 0. The Balaban J connectivity index is 2.04. The summed E-state index contributed by atoms with van der Waals surface area (Å²) in [6.45, 7) is 3.69. The molecule has 0 aromatic heterocycles. The highest BCUT2D eigenvalue weighted by molar-refractivity contribution is 6.02. The van der Waals surface area contributed by atoms with Crippen molar-refractivity contribution in [3.63, 3.8) is 0 Å². The van der Waals surface area contributed by atoms with Crippen LogP contribution in [0.25, 0.3) is 0 Å². The highest BCUT2D eigenvalue weighted by atomic mass is 16.3. The molecule has 0 spiro atoms. The van der Waals surface area contributed by atoms with Gasteiger partial charge in [-0.05, 0) is 37.0 Å². The molecule has 140 valence electrons.